The minimum Gasteiger partial charge on any atom is -0.494 e. The third-order valence-electron chi connectivity index (χ3n) is 6.97. The summed E-state index contributed by atoms with van der Waals surface area (Å²) in [6.45, 7) is 6.44. The van der Waals surface area contributed by atoms with Crippen LogP contribution in [0.3, 0.4) is 0 Å². The number of nitro groups is 1. The molecule has 0 unspecified atom stereocenters. The smallest absolute Gasteiger partial charge is 0.292 e. The number of amides is 1. The van der Waals surface area contributed by atoms with E-state index >= 15 is 0 Å². The average Bonchev–Trinajstić information content (AvgIpc) is 2.92. The van der Waals surface area contributed by atoms with Gasteiger partial charge in [-0.25, -0.2) is 0 Å². The fourth-order valence-electron chi connectivity index (χ4n) is 5.03. The molecule has 3 aromatic rings. The van der Waals surface area contributed by atoms with E-state index in [1.165, 1.54) is 11.1 Å². The molecular formula is C28H30N4O4. The van der Waals surface area contributed by atoms with E-state index in [1.807, 2.05) is 48.2 Å². The van der Waals surface area contributed by atoms with Crippen LogP contribution in [-0.2, 0) is 13.0 Å². The van der Waals surface area contributed by atoms with E-state index in [4.69, 9.17) is 4.74 Å². The number of piperazine rings is 1. The average molecular weight is 487 g/mol. The van der Waals surface area contributed by atoms with Gasteiger partial charge < -0.3 is 19.4 Å². The highest BCUT2D eigenvalue weighted by Crippen LogP contribution is 2.36. The van der Waals surface area contributed by atoms with Gasteiger partial charge in [-0.05, 0) is 60.9 Å². The van der Waals surface area contributed by atoms with Gasteiger partial charge in [0.1, 0.15) is 11.4 Å². The second-order valence-electron chi connectivity index (χ2n) is 9.11. The van der Waals surface area contributed by atoms with Crippen LogP contribution in [0, 0.1) is 10.1 Å². The molecule has 0 atom stereocenters. The molecule has 0 spiro atoms. The van der Waals surface area contributed by atoms with E-state index < -0.39 is 0 Å². The summed E-state index contributed by atoms with van der Waals surface area (Å²) in [6.07, 6.45) is 0.865. The number of nitrogens with zero attached hydrogens (tertiary/aromatic N) is 4. The molecule has 5 rings (SSSR count). The minimum absolute atomic E-state index is 0.00840. The van der Waals surface area contributed by atoms with Crippen molar-refractivity contribution in [1.29, 1.82) is 0 Å². The van der Waals surface area contributed by atoms with Crippen LogP contribution in [0.15, 0.2) is 66.7 Å². The molecule has 36 heavy (non-hydrogen) atoms. The largest absolute Gasteiger partial charge is 0.494 e. The number of benzene rings is 3. The highest BCUT2D eigenvalue weighted by atomic mass is 16.6. The molecule has 186 valence electrons. The monoisotopic (exact) mass is 486 g/mol. The second-order valence-corrected chi connectivity index (χ2v) is 9.11. The minimum atomic E-state index is -0.299. The first-order chi connectivity index (χ1) is 17.5. The molecule has 1 amide bonds. The molecule has 0 aromatic heterocycles. The Morgan fingerprint density at radius 3 is 2.33 bits per heavy atom. The van der Waals surface area contributed by atoms with Crippen molar-refractivity contribution in [1.82, 2.24) is 4.90 Å². The molecule has 0 bridgehead atoms. The van der Waals surface area contributed by atoms with Gasteiger partial charge in [0.05, 0.1) is 11.5 Å². The summed E-state index contributed by atoms with van der Waals surface area (Å²) in [5, 5.41) is 11.8. The summed E-state index contributed by atoms with van der Waals surface area (Å²) in [5.74, 6) is 0.763. The van der Waals surface area contributed by atoms with Crippen molar-refractivity contribution in [3.63, 3.8) is 0 Å². The lowest BCUT2D eigenvalue weighted by Gasteiger charge is -2.37. The van der Waals surface area contributed by atoms with E-state index in [2.05, 4.69) is 21.9 Å². The van der Waals surface area contributed by atoms with Crippen LogP contribution in [0.2, 0.25) is 0 Å². The third kappa shape index (κ3) is 4.84. The van der Waals surface area contributed by atoms with Crippen molar-refractivity contribution < 1.29 is 14.5 Å². The van der Waals surface area contributed by atoms with E-state index in [0.29, 0.717) is 50.6 Å². The van der Waals surface area contributed by atoms with Gasteiger partial charge in [0, 0.05) is 56.6 Å². The summed E-state index contributed by atoms with van der Waals surface area (Å²) >= 11 is 0. The van der Waals surface area contributed by atoms with Crippen molar-refractivity contribution in [2.45, 2.75) is 19.9 Å². The van der Waals surface area contributed by atoms with Crippen LogP contribution in [-0.4, -0.2) is 55.1 Å². The summed E-state index contributed by atoms with van der Waals surface area (Å²) in [5.41, 5.74) is 4.89. The quantitative estimate of drug-likeness (QED) is 0.377. The molecule has 8 nitrogen and oxygen atoms in total. The van der Waals surface area contributed by atoms with E-state index in [1.54, 1.807) is 18.2 Å². The first-order valence-corrected chi connectivity index (χ1v) is 12.4. The molecule has 2 aliphatic heterocycles. The lowest BCUT2D eigenvalue weighted by molar-refractivity contribution is -0.384. The Labute approximate surface area is 210 Å². The fraction of sp³-hybridized carbons (Fsp3) is 0.321. The number of hydrogen-bond acceptors (Lipinski definition) is 6. The predicted octanol–water partition coefficient (Wildman–Crippen LogP) is 4.52. The summed E-state index contributed by atoms with van der Waals surface area (Å²) in [6, 6.07) is 20.9. The Morgan fingerprint density at radius 2 is 1.64 bits per heavy atom. The number of fused-ring (bicyclic) bond motifs is 1. The normalized spacial score (nSPS) is 15.4. The topological polar surface area (TPSA) is 79.2 Å². The van der Waals surface area contributed by atoms with Crippen LogP contribution >= 0.6 is 0 Å². The Hall–Kier alpha value is -4.07. The van der Waals surface area contributed by atoms with Gasteiger partial charge in [0.2, 0.25) is 0 Å². The van der Waals surface area contributed by atoms with Crippen molar-refractivity contribution in [2.75, 3.05) is 49.1 Å². The molecule has 1 saturated heterocycles. The number of anilines is 2. The zero-order valence-electron chi connectivity index (χ0n) is 20.4. The molecule has 0 aliphatic carbocycles. The van der Waals surface area contributed by atoms with Gasteiger partial charge >= 0.3 is 0 Å². The highest BCUT2D eigenvalue weighted by Gasteiger charge is 2.27. The maximum absolute atomic E-state index is 13.0. The van der Waals surface area contributed by atoms with Gasteiger partial charge in [-0.1, -0.05) is 24.3 Å². The van der Waals surface area contributed by atoms with Gasteiger partial charge in [-0.3, -0.25) is 14.9 Å². The summed E-state index contributed by atoms with van der Waals surface area (Å²) in [4.78, 5) is 30.7. The maximum Gasteiger partial charge on any atom is 0.292 e. The van der Waals surface area contributed by atoms with Crippen molar-refractivity contribution in [3.05, 3.63) is 93.5 Å². The van der Waals surface area contributed by atoms with Crippen molar-refractivity contribution in [2.24, 2.45) is 0 Å². The molecular weight excluding hydrogens is 456 g/mol. The van der Waals surface area contributed by atoms with Crippen LogP contribution in [0.25, 0.3) is 0 Å². The fourth-order valence-corrected chi connectivity index (χ4v) is 5.03. The lowest BCUT2D eigenvalue weighted by atomic mass is 9.99. The zero-order chi connectivity index (χ0) is 25.1. The number of ether oxygens (including phenoxy) is 1. The lowest BCUT2D eigenvalue weighted by Crippen LogP contribution is -2.48. The molecule has 0 saturated carbocycles. The molecule has 0 N–H and O–H groups in total. The number of carbonyl (C=O) groups is 1. The maximum atomic E-state index is 13.0. The molecule has 2 heterocycles. The van der Waals surface area contributed by atoms with E-state index in [-0.39, 0.29) is 16.5 Å². The molecule has 2 aliphatic rings. The standard InChI is InChI=1S/C28H30N4O4/c1-2-36-25-10-7-22(8-11-25)28(33)30-17-15-29(16-18-30)24-9-12-26(32(34)35)27(19-24)31-14-13-21-5-3-4-6-23(21)20-31/h3-12,19H,2,13-18,20H2,1H3. The number of nitro benzene ring substituents is 1. The van der Waals surface area contributed by atoms with E-state index in [0.717, 1.165) is 24.4 Å². The van der Waals surface area contributed by atoms with E-state index in [9.17, 15) is 14.9 Å². The van der Waals surface area contributed by atoms with Gasteiger partial charge in [-0.2, -0.15) is 0 Å². The highest BCUT2D eigenvalue weighted by molar-refractivity contribution is 5.94. The number of carbonyl (C=O) groups excluding carboxylic acids is 1. The second kappa shape index (κ2) is 10.3. The van der Waals surface area contributed by atoms with Crippen molar-refractivity contribution in [3.8, 4) is 5.75 Å². The van der Waals surface area contributed by atoms with Crippen LogP contribution in [0.1, 0.15) is 28.4 Å². The third-order valence-corrected chi connectivity index (χ3v) is 6.97. The predicted molar refractivity (Wildman–Crippen MR) is 140 cm³/mol. The summed E-state index contributed by atoms with van der Waals surface area (Å²) in [7, 11) is 0. The zero-order valence-corrected chi connectivity index (χ0v) is 20.4. The summed E-state index contributed by atoms with van der Waals surface area (Å²) < 4.78 is 5.47. The Kier molecular flexibility index (Phi) is 6.75. The number of hydrogen-bond donors (Lipinski definition) is 0. The Balaban J connectivity index is 1.29. The van der Waals surface area contributed by atoms with Gasteiger partial charge in [0.15, 0.2) is 0 Å². The van der Waals surface area contributed by atoms with Gasteiger partial charge in [0.25, 0.3) is 11.6 Å². The molecule has 0 radical (unpaired) electrons. The van der Waals surface area contributed by atoms with Gasteiger partial charge in [-0.15, -0.1) is 0 Å². The van der Waals surface area contributed by atoms with Crippen LogP contribution in [0.4, 0.5) is 17.1 Å². The van der Waals surface area contributed by atoms with Crippen molar-refractivity contribution >= 4 is 23.0 Å². The molecule has 8 heteroatoms. The Bertz CT molecular complexity index is 1250. The molecule has 3 aromatic carbocycles. The first kappa shape index (κ1) is 23.7. The first-order valence-electron chi connectivity index (χ1n) is 12.4. The SMILES string of the molecule is CCOc1ccc(C(=O)N2CCN(c3ccc([N+](=O)[O-])c(N4CCc5ccccc5C4)c3)CC2)cc1. The van der Waals surface area contributed by atoms with Crippen LogP contribution < -0.4 is 14.5 Å². The Morgan fingerprint density at radius 1 is 0.917 bits per heavy atom. The van der Waals surface area contributed by atoms with Crippen LogP contribution in [0.5, 0.6) is 5.75 Å². The number of rotatable bonds is 6. The molecule has 1 fully saturated rings.